The molecule has 0 radical (unpaired) electrons. The summed E-state index contributed by atoms with van der Waals surface area (Å²) in [5, 5.41) is 3.93. The highest BCUT2D eigenvalue weighted by molar-refractivity contribution is 6.32. The summed E-state index contributed by atoms with van der Waals surface area (Å²) in [5.41, 5.74) is 1.81. The molecule has 2 aromatic rings. The van der Waals surface area contributed by atoms with Crippen LogP contribution in [0.25, 0.3) is 0 Å². The summed E-state index contributed by atoms with van der Waals surface area (Å²) < 4.78 is 0. The highest BCUT2D eigenvalue weighted by Gasteiger charge is 1.99. The maximum Gasteiger partial charge on any atom is 0.132 e. The number of benzene rings is 1. The highest BCUT2D eigenvalue weighted by Crippen LogP contribution is 2.22. The Hall–Kier alpha value is -1.25. The lowest BCUT2D eigenvalue weighted by Gasteiger charge is -2.06. The summed E-state index contributed by atoms with van der Waals surface area (Å²) in [6, 6.07) is 13.2. The number of anilines is 2. The first-order valence-corrected chi connectivity index (χ1v) is 5.15. The van der Waals surface area contributed by atoms with Crippen molar-refractivity contribution in [2.45, 2.75) is 0 Å². The SMILES string of the molecule is Clc1cc(Nc2ccccc2)cc(Cl)n1. The molecule has 76 valence electrons. The number of hydrogen-bond acceptors (Lipinski definition) is 2. The van der Waals surface area contributed by atoms with Crippen LogP contribution in [0.5, 0.6) is 0 Å². The van der Waals surface area contributed by atoms with E-state index in [4.69, 9.17) is 23.2 Å². The topological polar surface area (TPSA) is 24.9 Å². The Bertz CT molecular complexity index is 437. The van der Waals surface area contributed by atoms with Crippen molar-refractivity contribution in [1.82, 2.24) is 4.98 Å². The molecule has 2 nitrogen and oxygen atoms in total. The van der Waals surface area contributed by atoms with E-state index in [1.807, 2.05) is 30.3 Å². The molecule has 0 bridgehead atoms. The van der Waals surface area contributed by atoms with Gasteiger partial charge in [0, 0.05) is 11.4 Å². The van der Waals surface area contributed by atoms with E-state index in [1.165, 1.54) is 0 Å². The van der Waals surface area contributed by atoms with E-state index in [0.717, 1.165) is 11.4 Å². The quantitative estimate of drug-likeness (QED) is 0.797. The third kappa shape index (κ3) is 2.85. The number of halogens is 2. The number of para-hydroxylation sites is 1. The van der Waals surface area contributed by atoms with Crippen LogP contribution < -0.4 is 5.32 Å². The Morgan fingerprint density at radius 1 is 0.867 bits per heavy atom. The third-order valence-electron chi connectivity index (χ3n) is 1.83. The van der Waals surface area contributed by atoms with Gasteiger partial charge >= 0.3 is 0 Å². The van der Waals surface area contributed by atoms with Crippen LogP contribution in [-0.4, -0.2) is 4.98 Å². The first kappa shape index (κ1) is 10.3. The minimum Gasteiger partial charge on any atom is -0.355 e. The van der Waals surface area contributed by atoms with Gasteiger partial charge in [-0.1, -0.05) is 41.4 Å². The molecular formula is C11H8Cl2N2. The second-order valence-electron chi connectivity index (χ2n) is 2.99. The van der Waals surface area contributed by atoms with Gasteiger partial charge in [-0.15, -0.1) is 0 Å². The van der Waals surface area contributed by atoms with Crippen LogP contribution in [-0.2, 0) is 0 Å². The molecular weight excluding hydrogens is 231 g/mol. The van der Waals surface area contributed by atoms with Gasteiger partial charge in [0.05, 0.1) is 0 Å². The fourth-order valence-corrected chi connectivity index (χ4v) is 1.69. The number of hydrogen-bond donors (Lipinski definition) is 1. The summed E-state index contributed by atoms with van der Waals surface area (Å²) >= 11 is 11.6. The van der Waals surface area contributed by atoms with Crippen LogP contribution in [0.4, 0.5) is 11.4 Å². The number of nitrogens with one attached hydrogen (secondary N) is 1. The number of rotatable bonds is 2. The van der Waals surface area contributed by atoms with Crippen molar-refractivity contribution in [1.29, 1.82) is 0 Å². The summed E-state index contributed by atoms with van der Waals surface area (Å²) in [7, 11) is 0. The number of pyridine rings is 1. The van der Waals surface area contributed by atoms with Crippen LogP contribution in [0, 0.1) is 0 Å². The van der Waals surface area contributed by atoms with Crippen LogP contribution >= 0.6 is 23.2 Å². The molecule has 0 saturated heterocycles. The highest BCUT2D eigenvalue weighted by atomic mass is 35.5. The van der Waals surface area contributed by atoms with E-state index in [0.29, 0.717) is 10.3 Å². The van der Waals surface area contributed by atoms with Crippen molar-refractivity contribution < 1.29 is 0 Å². The molecule has 1 aromatic carbocycles. The smallest absolute Gasteiger partial charge is 0.132 e. The minimum absolute atomic E-state index is 0.376. The van der Waals surface area contributed by atoms with Gasteiger partial charge in [-0.05, 0) is 24.3 Å². The van der Waals surface area contributed by atoms with Crippen molar-refractivity contribution in [2.75, 3.05) is 5.32 Å². The van der Waals surface area contributed by atoms with Crippen molar-refractivity contribution in [3.63, 3.8) is 0 Å². The third-order valence-corrected chi connectivity index (χ3v) is 2.21. The number of aromatic nitrogens is 1. The van der Waals surface area contributed by atoms with Gasteiger partial charge < -0.3 is 5.32 Å². The molecule has 1 heterocycles. The Morgan fingerprint density at radius 3 is 2.07 bits per heavy atom. The second kappa shape index (κ2) is 4.51. The first-order chi connectivity index (χ1) is 7.24. The molecule has 0 aliphatic heterocycles. The average molecular weight is 239 g/mol. The Morgan fingerprint density at radius 2 is 1.47 bits per heavy atom. The van der Waals surface area contributed by atoms with Crippen LogP contribution in [0.3, 0.4) is 0 Å². The maximum absolute atomic E-state index is 5.78. The molecule has 0 unspecified atom stereocenters. The van der Waals surface area contributed by atoms with Gasteiger partial charge in [0.2, 0.25) is 0 Å². The molecule has 0 aliphatic rings. The fourth-order valence-electron chi connectivity index (χ4n) is 1.23. The molecule has 1 aromatic heterocycles. The van der Waals surface area contributed by atoms with E-state index < -0.39 is 0 Å². The fraction of sp³-hybridized carbons (Fsp3) is 0. The molecule has 0 aliphatic carbocycles. The van der Waals surface area contributed by atoms with Gasteiger partial charge in [-0.2, -0.15) is 0 Å². The predicted octanol–water partition coefficient (Wildman–Crippen LogP) is 4.13. The zero-order chi connectivity index (χ0) is 10.7. The zero-order valence-corrected chi connectivity index (χ0v) is 9.26. The van der Waals surface area contributed by atoms with Gasteiger partial charge in [0.1, 0.15) is 10.3 Å². The van der Waals surface area contributed by atoms with Gasteiger partial charge in [0.15, 0.2) is 0 Å². The van der Waals surface area contributed by atoms with Crippen molar-refractivity contribution in [2.24, 2.45) is 0 Å². The van der Waals surface area contributed by atoms with Crippen molar-refractivity contribution in [3.05, 3.63) is 52.8 Å². The van der Waals surface area contributed by atoms with E-state index in [-0.39, 0.29) is 0 Å². The molecule has 0 fully saturated rings. The molecule has 15 heavy (non-hydrogen) atoms. The van der Waals surface area contributed by atoms with Crippen molar-refractivity contribution >= 4 is 34.6 Å². The molecule has 1 N–H and O–H groups in total. The largest absolute Gasteiger partial charge is 0.355 e. The molecule has 0 amide bonds. The summed E-state index contributed by atoms with van der Waals surface area (Å²) in [6.45, 7) is 0. The zero-order valence-electron chi connectivity index (χ0n) is 7.74. The Kier molecular flexibility index (Phi) is 3.09. The molecule has 0 spiro atoms. The Balaban J connectivity index is 2.25. The van der Waals surface area contributed by atoms with E-state index in [1.54, 1.807) is 12.1 Å². The van der Waals surface area contributed by atoms with E-state index in [2.05, 4.69) is 10.3 Å². The van der Waals surface area contributed by atoms with E-state index >= 15 is 0 Å². The lowest BCUT2D eigenvalue weighted by molar-refractivity contribution is 1.32. The molecule has 2 rings (SSSR count). The Labute approximate surface area is 97.9 Å². The molecule has 4 heteroatoms. The van der Waals surface area contributed by atoms with Gasteiger partial charge in [-0.25, -0.2) is 4.98 Å². The first-order valence-electron chi connectivity index (χ1n) is 4.39. The average Bonchev–Trinajstić information content (AvgIpc) is 2.17. The van der Waals surface area contributed by atoms with Crippen LogP contribution in [0.15, 0.2) is 42.5 Å². The monoisotopic (exact) mass is 238 g/mol. The van der Waals surface area contributed by atoms with Gasteiger partial charge in [-0.3, -0.25) is 0 Å². The van der Waals surface area contributed by atoms with E-state index in [9.17, 15) is 0 Å². The standard InChI is InChI=1S/C11H8Cl2N2/c12-10-6-9(7-11(13)15-10)14-8-4-2-1-3-5-8/h1-7H,(H,14,15). The normalized spacial score (nSPS) is 10.0. The summed E-state index contributed by atoms with van der Waals surface area (Å²) in [5.74, 6) is 0. The minimum atomic E-state index is 0.376. The molecule has 0 saturated carbocycles. The lowest BCUT2D eigenvalue weighted by Crippen LogP contribution is -1.90. The maximum atomic E-state index is 5.78. The lowest BCUT2D eigenvalue weighted by atomic mass is 10.3. The summed E-state index contributed by atoms with van der Waals surface area (Å²) in [4.78, 5) is 3.87. The van der Waals surface area contributed by atoms with Crippen LogP contribution in [0.1, 0.15) is 0 Å². The predicted molar refractivity (Wildman–Crippen MR) is 64.0 cm³/mol. The van der Waals surface area contributed by atoms with Crippen LogP contribution in [0.2, 0.25) is 10.3 Å². The summed E-state index contributed by atoms with van der Waals surface area (Å²) in [6.07, 6.45) is 0. The van der Waals surface area contributed by atoms with Gasteiger partial charge in [0.25, 0.3) is 0 Å². The van der Waals surface area contributed by atoms with Crippen molar-refractivity contribution in [3.8, 4) is 0 Å². The number of nitrogens with zero attached hydrogens (tertiary/aromatic N) is 1. The molecule has 0 atom stereocenters. The second-order valence-corrected chi connectivity index (χ2v) is 3.77.